The Morgan fingerprint density at radius 3 is 2.38 bits per heavy atom. The van der Waals surface area contributed by atoms with Crippen LogP contribution < -0.4 is 15.5 Å². The van der Waals surface area contributed by atoms with E-state index in [0.29, 0.717) is 18.8 Å². The predicted molar refractivity (Wildman–Crippen MR) is 126 cm³/mol. The molecule has 0 fully saturated rings. The van der Waals surface area contributed by atoms with Crippen molar-refractivity contribution in [2.24, 2.45) is 0 Å². The molecule has 0 aliphatic heterocycles. The summed E-state index contributed by atoms with van der Waals surface area (Å²) in [4.78, 5) is 26.7. The molecule has 0 heterocycles. The van der Waals surface area contributed by atoms with Gasteiger partial charge in [-0.1, -0.05) is 48.0 Å². The van der Waals surface area contributed by atoms with Crippen LogP contribution in [0.3, 0.4) is 0 Å². The summed E-state index contributed by atoms with van der Waals surface area (Å²) in [7, 11) is 0. The standard InChI is InChI=1S/C26H26FN3O2/c1-3-15-28-26(32)30(18-21-6-4-5-19(2)16-21)24-13-7-20(8-14-24)17-25(31)29-23-11-9-22(27)10-12-23/h3-14,16H,1,15,17-18H2,2H3,(H,28,32)(H,29,31). The third kappa shape index (κ3) is 6.54. The lowest BCUT2D eigenvalue weighted by Crippen LogP contribution is -2.39. The quantitative estimate of drug-likeness (QED) is 0.481. The maximum Gasteiger partial charge on any atom is 0.322 e. The molecule has 0 atom stereocenters. The number of halogens is 1. The normalized spacial score (nSPS) is 10.3. The SMILES string of the molecule is C=CCNC(=O)N(Cc1cccc(C)c1)c1ccc(CC(=O)Nc2ccc(F)cc2)cc1. The third-order valence-corrected chi connectivity index (χ3v) is 4.81. The van der Waals surface area contributed by atoms with Gasteiger partial charge in [0, 0.05) is 17.9 Å². The summed E-state index contributed by atoms with van der Waals surface area (Å²) in [6.45, 7) is 6.43. The minimum absolute atomic E-state index is 0.165. The van der Waals surface area contributed by atoms with Gasteiger partial charge in [0.1, 0.15) is 5.82 Å². The van der Waals surface area contributed by atoms with E-state index in [1.54, 1.807) is 11.0 Å². The van der Waals surface area contributed by atoms with Crippen molar-refractivity contribution in [1.82, 2.24) is 5.32 Å². The monoisotopic (exact) mass is 431 g/mol. The summed E-state index contributed by atoms with van der Waals surface area (Å²) in [5.74, 6) is -0.560. The van der Waals surface area contributed by atoms with E-state index < -0.39 is 0 Å². The summed E-state index contributed by atoms with van der Waals surface area (Å²) >= 11 is 0. The zero-order chi connectivity index (χ0) is 22.9. The van der Waals surface area contributed by atoms with E-state index in [9.17, 15) is 14.0 Å². The lowest BCUT2D eigenvalue weighted by atomic mass is 10.1. The molecule has 3 amide bonds. The van der Waals surface area contributed by atoms with Gasteiger partial charge in [0.15, 0.2) is 0 Å². The van der Waals surface area contributed by atoms with Crippen molar-refractivity contribution in [1.29, 1.82) is 0 Å². The molecule has 0 unspecified atom stereocenters. The van der Waals surface area contributed by atoms with Gasteiger partial charge in [-0.3, -0.25) is 9.69 Å². The minimum atomic E-state index is -0.356. The van der Waals surface area contributed by atoms with Crippen molar-refractivity contribution < 1.29 is 14.0 Å². The summed E-state index contributed by atoms with van der Waals surface area (Å²) < 4.78 is 13.0. The van der Waals surface area contributed by atoms with E-state index in [0.717, 1.165) is 22.4 Å². The van der Waals surface area contributed by atoms with Crippen molar-refractivity contribution in [2.45, 2.75) is 19.9 Å². The van der Waals surface area contributed by atoms with E-state index in [-0.39, 0.29) is 24.2 Å². The fourth-order valence-corrected chi connectivity index (χ4v) is 3.25. The van der Waals surface area contributed by atoms with Crippen LogP contribution >= 0.6 is 0 Å². The Morgan fingerprint density at radius 2 is 1.72 bits per heavy atom. The molecular formula is C26H26FN3O2. The Bertz CT molecular complexity index is 1080. The van der Waals surface area contributed by atoms with Crippen LogP contribution in [0.4, 0.5) is 20.6 Å². The molecular weight excluding hydrogens is 405 g/mol. The number of carbonyl (C=O) groups excluding carboxylic acids is 2. The highest BCUT2D eigenvalue weighted by Gasteiger charge is 2.16. The van der Waals surface area contributed by atoms with Crippen LogP contribution in [0.5, 0.6) is 0 Å². The number of hydrogen-bond donors (Lipinski definition) is 2. The fraction of sp³-hybridized carbons (Fsp3) is 0.154. The van der Waals surface area contributed by atoms with Crippen LogP contribution in [0.2, 0.25) is 0 Å². The molecule has 5 nitrogen and oxygen atoms in total. The number of urea groups is 1. The molecule has 0 radical (unpaired) electrons. The first kappa shape index (κ1) is 22.7. The Labute approximate surface area is 187 Å². The second kappa shape index (κ2) is 10.9. The third-order valence-electron chi connectivity index (χ3n) is 4.81. The Morgan fingerprint density at radius 1 is 1.00 bits per heavy atom. The number of rotatable bonds is 8. The molecule has 3 aromatic rings. The van der Waals surface area contributed by atoms with Gasteiger partial charge in [-0.15, -0.1) is 6.58 Å². The van der Waals surface area contributed by atoms with E-state index in [2.05, 4.69) is 17.2 Å². The average Bonchev–Trinajstić information content (AvgIpc) is 2.78. The number of carbonyl (C=O) groups is 2. The van der Waals surface area contributed by atoms with Crippen molar-refractivity contribution in [3.63, 3.8) is 0 Å². The van der Waals surface area contributed by atoms with Gasteiger partial charge in [-0.05, 0) is 54.4 Å². The Balaban J connectivity index is 1.71. The van der Waals surface area contributed by atoms with Crippen molar-refractivity contribution in [2.75, 3.05) is 16.8 Å². The first-order valence-electron chi connectivity index (χ1n) is 10.3. The van der Waals surface area contributed by atoms with Gasteiger partial charge in [0.05, 0.1) is 13.0 Å². The van der Waals surface area contributed by atoms with Gasteiger partial charge in [-0.2, -0.15) is 0 Å². The van der Waals surface area contributed by atoms with Gasteiger partial charge >= 0.3 is 6.03 Å². The van der Waals surface area contributed by atoms with Crippen LogP contribution in [0.25, 0.3) is 0 Å². The summed E-state index contributed by atoms with van der Waals surface area (Å²) in [5.41, 5.74) is 4.19. The van der Waals surface area contributed by atoms with Crippen LogP contribution in [-0.2, 0) is 17.8 Å². The molecule has 0 spiro atoms. The lowest BCUT2D eigenvalue weighted by Gasteiger charge is -2.23. The van der Waals surface area contributed by atoms with E-state index in [4.69, 9.17) is 0 Å². The van der Waals surface area contributed by atoms with Crippen LogP contribution in [0.1, 0.15) is 16.7 Å². The zero-order valence-electron chi connectivity index (χ0n) is 18.0. The number of aryl methyl sites for hydroxylation is 1. The second-order valence-electron chi connectivity index (χ2n) is 7.45. The van der Waals surface area contributed by atoms with Crippen molar-refractivity contribution in [3.05, 3.63) is 108 Å². The van der Waals surface area contributed by atoms with Crippen LogP contribution in [0, 0.1) is 12.7 Å². The highest BCUT2D eigenvalue weighted by molar-refractivity contribution is 5.93. The zero-order valence-corrected chi connectivity index (χ0v) is 18.0. The van der Waals surface area contributed by atoms with Crippen LogP contribution in [-0.4, -0.2) is 18.5 Å². The average molecular weight is 432 g/mol. The molecule has 0 aromatic heterocycles. The van der Waals surface area contributed by atoms with Crippen molar-refractivity contribution >= 4 is 23.3 Å². The number of hydrogen-bond acceptors (Lipinski definition) is 2. The first-order chi connectivity index (χ1) is 15.4. The smallest absolute Gasteiger partial charge is 0.322 e. The molecule has 0 saturated carbocycles. The molecule has 164 valence electrons. The molecule has 0 aliphatic rings. The maximum absolute atomic E-state index is 13.0. The van der Waals surface area contributed by atoms with Gasteiger partial charge < -0.3 is 10.6 Å². The number of nitrogens with zero attached hydrogens (tertiary/aromatic N) is 1. The molecule has 32 heavy (non-hydrogen) atoms. The molecule has 3 rings (SSSR count). The molecule has 0 saturated heterocycles. The lowest BCUT2D eigenvalue weighted by molar-refractivity contribution is -0.115. The molecule has 3 aromatic carbocycles. The Kier molecular flexibility index (Phi) is 7.75. The molecule has 2 N–H and O–H groups in total. The second-order valence-corrected chi connectivity index (χ2v) is 7.45. The Hall–Kier alpha value is -3.93. The predicted octanol–water partition coefficient (Wildman–Crippen LogP) is 5.22. The minimum Gasteiger partial charge on any atom is -0.334 e. The topological polar surface area (TPSA) is 61.4 Å². The summed E-state index contributed by atoms with van der Waals surface area (Å²) in [5, 5.41) is 5.57. The number of nitrogens with one attached hydrogen (secondary N) is 2. The highest BCUT2D eigenvalue weighted by atomic mass is 19.1. The maximum atomic E-state index is 13.0. The number of amides is 3. The largest absolute Gasteiger partial charge is 0.334 e. The number of anilines is 2. The summed E-state index contributed by atoms with van der Waals surface area (Å²) in [6.07, 6.45) is 1.80. The van der Waals surface area contributed by atoms with E-state index in [1.165, 1.54) is 24.3 Å². The van der Waals surface area contributed by atoms with Gasteiger partial charge in [0.25, 0.3) is 0 Å². The number of benzene rings is 3. The fourth-order valence-electron chi connectivity index (χ4n) is 3.25. The van der Waals surface area contributed by atoms with Gasteiger partial charge in [0.2, 0.25) is 5.91 Å². The molecule has 6 heteroatoms. The van der Waals surface area contributed by atoms with Gasteiger partial charge in [-0.25, -0.2) is 9.18 Å². The summed E-state index contributed by atoms with van der Waals surface area (Å²) in [6, 6.07) is 20.7. The first-order valence-corrected chi connectivity index (χ1v) is 10.3. The van der Waals surface area contributed by atoms with E-state index >= 15 is 0 Å². The van der Waals surface area contributed by atoms with Crippen LogP contribution in [0.15, 0.2) is 85.5 Å². The molecule has 0 bridgehead atoms. The molecule has 0 aliphatic carbocycles. The highest BCUT2D eigenvalue weighted by Crippen LogP contribution is 2.20. The van der Waals surface area contributed by atoms with E-state index in [1.807, 2.05) is 55.5 Å². The van der Waals surface area contributed by atoms with Crippen molar-refractivity contribution in [3.8, 4) is 0 Å².